The SMILES string of the molecule is CCOC(=O)c1ccc(NC(=O)C[C@@H]2C(=O)Nc3ccccc3N2C(=O)COc2ccc(F)cc2)cc1. The highest BCUT2D eigenvalue weighted by Gasteiger charge is 2.38. The summed E-state index contributed by atoms with van der Waals surface area (Å²) in [5.74, 6) is -2.23. The van der Waals surface area contributed by atoms with Gasteiger partial charge in [0.15, 0.2) is 6.61 Å². The van der Waals surface area contributed by atoms with Crippen LogP contribution in [-0.2, 0) is 19.1 Å². The predicted molar refractivity (Wildman–Crippen MR) is 134 cm³/mol. The zero-order chi connectivity index (χ0) is 26.4. The molecule has 0 aliphatic carbocycles. The average molecular weight is 506 g/mol. The molecule has 3 aromatic carbocycles. The van der Waals surface area contributed by atoms with E-state index in [0.717, 1.165) is 0 Å². The zero-order valence-corrected chi connectivity index (χ0v) is 19.9. The van der Waals surface area contributed by atoms with Crippen molar-refractivity contribution >= 4 is 40.8 Å². The van der Waals surface area contributed by atoms with Gasteiger partial charge in [-0.15, -0.1) is 0 Å². The minimum absolute atomic E-state index is 0.244. The Morgan fingerprint density at radius 3 is 2.41 bits per heavy atom. The van der Waals surface area contributed by atoms with Crippen LogP contribution < -0.4 is 20.3 Å². The molecule has 1 aliphatic rings. The van der Waals surface area contributed by atoms with Crippen LogP contribution >= 0.6 is 0 Å². The zero-order valence-electron chi connectivity index (χ0n) is 19.9. The third-order valence-corrected chi connectivity index (χ3v) is 5.54. The van der Waals surface area contributed by atoms with Crippen LogP contribution in [0.2, 0.25) is 0 Å². The van der Waals surface area contributed by atoms with E-state index in [0.29, 0.717) is 22.6 Å². The van der Waals surface area contributed by atoms with Crippen LogP contribution in [0.25, 0.3) is 0 Å². The number of hydrogen-bond donors (Lipinski definition) is 2. The van der Waals surface area contributed by atoms with E-state index in [-0.39, 0.29) is 18.8 Å². The van der Waals surface area contributed by atoms with Crippen LogP contribution in [-0.4, -0.2) is 42.9 Å². The van der Waals surface area contributed by atoms with Gasteiger partial charge in [-0.3, -0.25) is 19.3 Å². The number of fused-ring (bicyclic) bond motifs is 1. The minimum Gasteiger partial charge on any atom is -0.484 e. The number of amides is 3. The molecule has 0 spiro atoms. The Balaban J connectivity index is 1.49. The first-order chi connectivity index (χ1) is 17.9. The van der Waals surface area contributed by atoms with Gasteiger partial charge in [0.25, 0.3) is 5.91 Å². The van der Waals surface area contributed by atoms with Crippen molar-refractivity contribution in [1.82, 2.24) is 0 Å². The Morgan fingerprint density at radius 1 is 1.00 bits per heavy atom. The summed E-state index contributed by atoms with van der Waals surface area (Å²) in [6.07, 6.45) is -0.331. The van der Waals surface area contributed by atoms with E-state index in [1.54, 1.807) is 43.3 Å². The van der Waals surface area contributed by atoms with Gasteiger partial charge in [0, 0.05) is 5.69 Å². The molecule has 0 fully saturated rings. The maximum Gasteiger partial charge on any atom is 0.338 e. The Hall–Kier alpha value is -4.73. The van der Waals surface area contributed by atoms with Crippen LogP contribution in [0.15, 0.2) is 72.8 Å². The smallest absolute Gasteiger partial charge is 0.338 e. The molecule has 1 aliphatic heterocycles. The lowest BCUT2D eigenvalue weighted by molar-refractivity contribution is -0.127. The largest absolute Gasteiger partial charge is 0.484 e. The molecule has 10 heteroatoms. The Bertz CT molecular complexity index is 1310. The highest BCUT2D eigenvalue weighted by atomic mass is 19.1. The molecule has 0 aromatic heterocycles. The summed E-state index contributed by atoms with van der Waals surface area (Å²) >= 11 is 0. The summed E-state index contributed by atoms with van der Waals surface area (Å²) in [5, 5.41) is 5.41. The minimum atomic E-state index is -1.14. The van der Waals surface area contributed by atoms with Gasteiger partial charge in [-0.1, -0.05) is 12.1 Å². The number of esters is 1. The van der Waals surface area contributed by atoms with E-state index in [9.17, 15) is 23.6 Å². The van der Waals surface area contributed by atoms with Crippen molar-refractivity contribution in [3.63, 3.8) is 0 Å². The van der Waals surface area contributed by atoms with Crippen LogP contribution in [0.4, 0.5) is 21.5 Å². The lowest BCUT2D eigenvalue weighted by atomic mass is 10.0. The maximum absolute atomic E-state index is 13.2. The molecular weight excluding hydrogens is 481 g/mol. The summed E-state index contributed by atoms with van der Waals surface area (Å²) in [5.41, 5.74) is 1.59. The van der Waals surface area contributed by atoms with Crippen molar-refractivity contribution in [3.05, 3.63) is 84.2 Å². The molecular formula is C27H24FN3O6. The molecule has 0 radical (unpaired) electrons. The van der Waals surface area contributed by atoms with E-state index in [2.05, 4.69) is 10.6 Å². The molecule has 190 valence electrons. The van der Waals surface area contributed by atoms with Gasteiger partial charge in [-0.2, -0.15) is 0 Å². The average Bonchev–Trinajstić information content (AvgIpc) is 2.89. The monoisotopic (exact) mass is 505 g/mol. The molecule has 1 heterocycles. The standard InChI is InChI=1S/C27H24FN3O6/c1-2-36-27(35)17-7-11-19(12-8-17)29-24(32)15-23-26(34)30-21-5-3-4-6-22(21)31(23)25(33)16-37-20-13-9-18(28)10-14-20/h3-14,23H,2,15-16H2,1H3,(H,29,32)(H,30,34)/t23-/m1/s1. The Morgan fingerprint density at radius 2 is 1.70 bits per heavy atom. The number of carbonyl (C=O) groups is 4. The predicted octanol–water partition coefficient (Wildman–Crippen LogP) is 3.76. The van der Waals surface area contributed by atoms with Crippen molar-refractivity contribution in [2.75, 3.05) is 28.7 Å². The first kappa shape index (κ1) is 25.4. The first-order valence-corrected chi connectivity index (χ1v) is 11.5. The fourth-order valence-corrected chi connectivity index (χ4v) is 3.82. The van der Waals surface area contributed by atoms with Gasteiger partial charge < -0.3 is 20.1 Å². The van der Waals surface area contributed by atoms with Crippen LogP contribution in [0.3, 0.4) is 0 Å². The van der Waals surface area contributed by atoms with Gasteiger partial charge in [-0.05, 0) is 67.6 Å². The van der Waals surface area contributed by atoms with Gasteiger partial charge in [-0.25, -0.2) is 9.18 Å². The van der Waals surface area contributed by atoms with Gasteiger partial charge in [0.05, 0.1) is 30.0 Å². The third-order valence-electron chi connectivity index (χ3n) is 5.54. The van der Waals surface area contributed by atoms with Crippen molar-refractivity contribution in [3.8, 4) is 5.75 Å². The van der Waals surface area contributed by atoms with E-state index >= 15 is 0 Å². The van der Waals surface area contributed by atoms with E-state index < -0.39 is 42.2 Å². The number of hydrogen-bond acceptors (Lipinski definition) is 6. The van der Waals surface area contributed by atoms with Crippen molar-refractivity contribution in [1.29, 1.82) is 0 Å². The lowest BCUT2D eigenvalue weighted by Crippen LogP contribution is -2.53. The Labute approximate surface area is 212 Å². The fourth-order valence-electron chi connectivity index (χ4n) is 3.82. The van der Waals surface area contributed by atoms with Crippen molar-refractivity contribution in [2.24, 2.45) is 0 Å². The molecule has 37 heavy (non-hydrogen) atoms. The number of anilines is 3. The van der Waals surface area contributed by atoms with Crippen molar-refractivity contribution < 1.29 is 33.0 Å². The number of para-hydroxylation sites is 2. The molecule has 2 N–H and O–H groups in total. The molecule has 3 amide bonds. The van der Waals surface area contributed by atoms with Gasteiger partial charge >= 0.3 is 5.97 Å². The number of ether oxygens (including phenoxy) is 2. The normalized spacial score (nSPS) is 14.3. The summed E-state index contributed by atoms with van der Waals surface area (Å²) in [6, 6.07) is 16.9. The Kier molecular flexibility index (Phi) is 7.77. The first-order valence-electron chi connectivity index (χ1n) is 11.5. The molecule has 3 aromatic rings. The van der Waals surface area contributed by atoms with Crippen LogP contribution in [0.1, 0.15) is 23.7 Å². The van der Waals surface area contributed by atoms with Crippen LogP contribution in [0, 0.1) is 5.82 Å². The number of nitrogens with one attached hydrogen (secondary N) is 2. The number of carbonyl (C=O) groups excluding carboxylic acids is 4. The second-order valence-electron chi connectivity index (χ2n) is 8.08. The highest BCUT2D eigenvalue weighted by Crippen LogP contribution is 2.33. The highest BCUT2D eigenvalue weighted by molar-refractivity contribution is 6.14. The topological polar surface area (TPSA) is 114 Å². The molecule has 4 rings (SSSR count). The van der Waals surface area contributed by atoms with E-state index in [1.165, 1.54) is 41.3 Å². The molecule has 0 saturated heterocycles. The second kappa shape index (κ2) is 11.3. The van der Waals surface area contributed by atoms with E-state index in [1.807, 2.05) is 0 Å². The lowest BCUT2D eigenvalue weighted by Gasteiger charge is -2.36. The summed E-state index contributed by atoms with van der Waals surface area (Å²) in [7, 11) is 0. The molecule has 0 bridgehead atoms. The van der Waals surface area contributed by atoms with Gasteiger partial charge in [0.1, 0.15) is 17.6 Å². The summed E-state index contributed by atoms with van der Waals surface area (Å²) < 4.78 is 23.6. The van der Waals surface area contributed by atoms with Crippen molar-refractivity contribution in [2.45, 2.75) is 19.4 Å². The molecule has 9 nitrogen and oxygen atoms in total. The number of rotatable bonds is 8. The summed E-state index contributed by atoms with van der Waals surface area (Å²) in [6.45, 7) is 1.52. The fraction of sp³-hybridized carbons (Fsp3) is 0.185. The van der Waals surface area contributed by atoms with Crippen LogP contribution in [0.5, 0.6) is 5.75 Å². The molecule has 1 atom stereocenters. The van der Waals surface area contributed by atoms with Gasteiger partial charge in [0.2, 0.25) is 11.8 Å². The molecule has 0 saturated carbocycles. The maximum atomic E-state index is 13.2. The second-order valence-corrected chi connectivity index (χ2v) is 8.08. The van der Waals surface area contributed by atoms with E-state index in [4.69, 9.17) is 9.47 Å². The number of nitrogens with zero attached hydrogens (tertiary/aromatic N) is 1. The summed E-state index contributed by atoms with van der Waals surface area (Å²) in [4.78, 5) is 52.1. The third kappa shape index (κ3) is 6.10. The molecule has 0 unspecified atom stereocenters. The quantitative estimate of drug-likeness (QED) is 0.451. The number of benzene rings is 3. The number of halogens is 1.